The van der Waals surface area contributed by atoms with E-state index in [1.807, 2.05) is 66.4 Å². The van der Waals surface area contributed by atoms with Crippen molar-refractivity contribution in [3.63, 3.8) is 0 Å². The summed E-state index contributed by atoms with van der Waals surface area (Å²) in [6.45, 7) is 4.62. The lowest BCUT2D eigenvalue weighted by molar-refractivity contribution is -0.141. The van der Waals surface area contributed by atoms with E-state index in [1.54, 1.807) is 17.6 Å². The van der Waals surface area contributed by atoms with Crippen molar-refractivity contribution in [3.8, 4) is 22.5 Å². The lowest BCUT2D eigenvalue weighted by atomic mass is 9.98. The van der Waals surface area contributed by atoms with Gasteiger partial charge in [-0.25, -0.2) is 10.1 Å². The Bertz CT molecular complexity index is 1520. The molecule has 5 aromatic rings. The first kappa shape index (κ1) is 24.4. The van der Waals surface area contributed by atoms with Crippen LogP contribution in [-0.4, -0.2) is 54.3 Å². The molecule has 0 saturated heterocycles. The average molecular weight is 517 g/mol. The zero-order valence-electron chi connectivity index (χ0n) is 20.4. The Hall–Kier alpha value is -4.31. The number of hydrogen-bond acceptors (Lipinski definition) is 8. The highest BCUT2D eigenvalue weighted by Gasteiger charge is 2.20. The minimum absolute atomic E-state index is 0.0522. The van der Waals surface area contributed by atoms with Crippen molar-refractivity contribution in [3.05, 3.63) is 77.1 Å². The van der Waals surface area contributed by atoms with Gasteiger partial charge in [0.2, 0.25) is 0 Å². The standard InChI is InChI=1S/C26H25ClN8O2/c1-3-19-13-23(35-26(29-19)22(27)14-28-35)34(16-24(36)37-4-2)15-17-9-11-18(12-10-17)20-7-5-6-8-21(20)25-30-32-33-31-25/h5-14H,3-4,15-16H2,1-2H3,(H,30,31,32,33). The molecule has 10 nitrogen and oxygen atoms in total. The second-order valence-corrected chi connectivity index (χ2v) is 8.75. The summed E-state index contributed by atoms with van der Waals surface area (Å²) < 4.78 is 6.92. The van der Waals surface area contributed by atoms with Gasteiger partial charge < -0.3 is 9.64 Å². The van der Waals surface area contributed by atoms with Crippen LogP contribution in [0.5, 0.6) is 0 Å². The number of nitrogens with one attached hydrogen (secondary N) is 1. The van der Waals surface area contributed by atoms with Crippen molar-refractivity contribution in [2.24, 2.45) is 0 Å². The number of anilines is 1. The Morgan fingerprint density at radius 3 is 2.59 bits per heavy atom. The van der Waals surface area contributed by atoms with E-state index in [2.05, 4.69) is 30.7 Å². The second-order valence-electron chi connectivity index (χ2n) is 8.34. The summed E-state index contributed by atoms with van der Waals surface area (Å²) in [6, 6.07) is 18.0. The fourth-order valence-corrected chi connectivity index (χ4v) is 4.35. The van der Waals surface area contributed by atoms with E-state index in [9.17, 15) is 4.79 Å². The third kappa shape index (κ3) is 5.14. The van der Waals surface area contributed by atoms with Crippen LogP contribution >= 0.6 is 11.6 Å². The van der Waals surface area contributed by atoms with Gasteiger partial charge in [-0.3, -0.25) is 4.79 Å². The van der Waals surface area contributed by atoms with Crippen LogP contribution in [-0.2, 0) is 22.5 Å². The Labute approximate surface area is 218 Å². The van der Waals surface area contributed by atoms with Gasteiger partial charge in [0.15, 0.2) is 11.5 Å². The maximum absolute atomic E-state index is 12.5. The van der Waals surface area contributed by atoms with E-state index in [4.69, 9.17) is 16.3 Å². The number of benzene rings is 2. The number of fused-ring (bicyclic) bond motifs is 1. The van der Waals surface area contributed by atoms with Gasteiger partial charge >= 0.3 is 5.97 Å². The molecule has 0 unspecified atom stereocenters. The number of rotatable bonds is 9. The minimum atomic E-state index is -0.324. The van der Waals surface area contributed by atoms with Crippen LogP contribution in [0.1, 0.15) is 25.1 Å². The number of aryl methyl sites for hydroxylation is 1. The molecule has 0 aliphatic heterocycles. The Morgan fingerprint density at radius 1 is 1.11 bits per heavy atom. The van der Waals surface area contributed by atoms with E-state index in [0.29, 0.717) is 41.9 Å². The zero-order valence-corrected chi connectivity index (χ0v) is 21.2. The number of aromatic nitrogens is 7. The van der Waals surface area contributed by atoms with Gasteiger partial charge in [-0.2, -0.15) is 9.61 Å². The van der Waals surface area contributed by atoms with Gasteiger partial charge in [-0.15, -0.1) is 5.10 Å². The number of ether oxygens (including phenoxy) is 1. The lowest BCUT2D eigenvalue weighted by Gasteiger charge is -2.25. The number of carbonyl (C=O) groups is 1. The second kappa shape index (κ2) is 10.8. The van der Waals surface area contributed by atoms with E-state index in [0.717, 1.165) is 27.9 Å². The van der Waals surface area contributed by atoms with Crippen molar-refractivity contribution in [2.75, 3.05) is 18.1 Å². The first-order chi connectivity index (χ1) is 18.1. The molecule has 37 heavy (non-hydrogen) atoms. The maximum Gasteiger partial charge on any atom is 0.325 e. The monoisotopic (exact) mass is 516 g/mol. The van der Waals surface area contributed by atoms with Crippen molar-refractivity contribution >= 4 is 29.0 Å². The number of halogens is 1. The smallest absolute Gasteiger partial charge is 0.325 e. The summed E-state index contributed by atoms with van der Waals surface area (Å²) in [6.07, 6.45) is 2.28. The fourth-order valence-electron chi connectivity index (χ4n) is 4.18. The van der Waals surface area contributed by atoms with E-state index < -0.39 is 0 Å². The number of aromatic amines is 1. The topological polar surface area (TPSA) is 114 Å². The third-order valence-corrected chi connectivity index (χ3v) is 6.21. The molecular formula is C26H25ClN8O2. The SMILES string of the molecule is CCOC(=O)CN(Cc1ccc(-c2ccccc2-c2nnn[nH]2)cc1)c1cc(CC)nc2c(Cl)cnn12. The Kier molecular flexibility index (Phi) is 7.09. The number of H-pyrrole nitrogens is 1. The number of hydrogen-bond donors (Lipinski definition) is 1. The van der Waals surface area contributed by atoms with Gasteiger partial charge in [0.25, 0.3) is 0 Å². The van der Waals surface area contributed by atoms with Crippen molar-refractivity contribution < 1.29 is 9.53 Å². The third-order valence-electron chi connectivity index (χ3n) is 5.94. The molecule has 0 bridgehead atoms. The zero-order chi connectivity index (χ0) is 25.8. The summed E-state index contributed by atoms with van der Waals surface area (Å²) in [7, 11) is 0. The molecule has 1 N–H and O–H groups in total. The van der Waals surface area contributed by atoms with Crippen LogP contribution in [0, 0.1) is 0 Å². The maximum atomic E-state index is 12.5. The van der Waals surface area contributed by atoms with Gasteiger partial charge in [0.1, 0.15) is 17.4 Å². The molecule has 11 heteroatoms. The summed E-state index contributed by atoms with van der Waals surface area (Å²) in [4.78, 5) is 19.1. The number of carbonyl (C=O) groups excluding carboxylic acids is 1. The number of tetrazole rings is 1. The normalized spacial score (nSPS) is 11.1. The van der Waals surface area contributed by atoms with Crippen molar-refractivity contribution in [1.82, 2.24) is 35.2 Å². The van der Waals surface area contributed by atoms with Crippen LogP contribution in [0.25, 0.3) is 28.2 Å². The van der Waals surface area contributed by atoms with Crippen LogP contribution < -0.4 is 4.90 Å². The lowest BCUT2D eigenvalue weighted by Crippen LogP contribution is -2.32. The molecule has 0 spiro atoms. The summed E-state index contributed by atoms with van der Waals surface area (Å²) >= 11 is 6.35. The van der Waals surface area contributed by atoms with Gasteiger partial charge in [-0.1, -0.05) is 67.1 Å². The van der Waals surface area contributed by atoms with E-state index in [-0.39, 0.29) is 12.5 Å². The molecule has 2 aromatic carbocycles. The van der Waals surface area contributed by atoms with Crippen LogP contribution in [0.4, 0.5) is 5.82 Å². The van der Waals surface area contributed by atoms with Crippen molar-refractivity contribution in [2.45, 2.75) is 26.8 Å². The van der Waals surface area contributed by atoms with Crippen molar-refractivity contribution in [1.29, 1.82) is 0 Å². The molecule has 0 saturated carbocycles. The Balaban J connectivity index is 1.49. The van der Waals surface area contributed by atoms with Gasteiger partial charge in [0.05, 0.1) is 12.8 Å². The van der Waals surface area contributed by atoms with Crippen LogP contribution in [0.15, 0.2) is 60.8 Å². The summed E-state index contributed by atoms with van der Waals surface area (Å²) in [5.41, 5.74) is 5.35. The first-order valence-corrected chi connectivity index (χ1v) is 12.3. The van der Waals surface area contributed by atoms with Crippen LogP contribution in [0.3, 0.4) is 0 Å². The predicted octanol–water partition coefficient (Wildman–Crippen LogP) is 4.36. The largest absolute Gasteiger partial charge is 0.465 e. The van der Waals surface area contributed by atoms with Gasteiger partial charge in [-0.05, 0) is 40.5 Å². The summed E-state index contributed by atoms with van der Waals surface area (Å²) in [5, 5.41) is 19.1. The predicted molar refractivity (Wildman–Crippen MR) is 140 cm³/mol. The minimum Gasteiger partial charge on any atom is -0.465 e. The van der Waals surface area contributed by atoms with Crippen LogP contribution in [0.2, 0.25) is 5.02 Å². The molecule has 5 rings (SSSR count). The molecule has 3 aromatic heterocycles. The highest BCUT2D eigenvalue weighted by atomic mass is 35.5. The molecule has 0 aliphatic rings. The first-order valence-electron chi connectivity index (χ1n) is 11.9. The molecule has 0 atom stereocenters. The fraction of sp³-hybridized carbons (Fsp3) is 0.231. The molecule has 0 radical (unpaired) electrons. The highest BCUT2D eigenvalue weighted by molar-refractivity contribution is 6.33. The quantitative estimate of drug-likeness (QED) is 0.287. The van der Waals surface area contributed by atoms with Gasteiger partial charge in [0, 0.05) is 23.9 Å². The highest BCUT2D eigenvalue weighted by Crippen LogP contribution is 2.30. The molecule has 3 heterocycles. The number of esters is 1. The molecule has 188 valence electrons. The average Bonchev–Trinajstić information content (AvgIpc) is 3.59. The van der Waals surface area contributed by atoms with E-state index >= 15 is 0 Å². The molecular weight excluding hydrogens is 492 g/mol. The Morgan fingerprint density at radius 2 is 1.89 bits per heavy atom. The van der Waals surface area contributed by atoms with E-state index in [1.165, 1.54) is 0 Å². The summed E-state index contributed by atoms with van der Waals surface area (Å²) in [5.74, 6) is 0.996. The number of nitrogens with zero attached hydrogens (tertiary/aromatic N) is 7. The molecule has 0 fully saturated rings. The molecule has 0 amide bonds. The molecule has 0 aliphatic carbocycles.